The normalized spacial score (nSPS) is 9.54. The van der Waals surface area contributed by atoms with E-state index in [0.29, 0.717) is 5.69 Å². The Hall–Kier alpha value is -1.63. The molecule has 1 aromatic rings. The van der Waals surface area contributed by atoms with Crippen molar-refractivity contribution in [3.8, 4) is 6.07 Å². The van der Waals surface area contributed by atoms with Crippen LogP contribution >= 0.6 is 0 Å². The van der Waals surface area contributed by atoms with Crippen LogP contribution < -0.4 is 0 Å². The van der Waals surface area contributed by atoms with Crippen LogP contribution in [0.4, 0.5) is 0 Å². The highest BCUT2D eigenvalue weighted by atomic mass is 16.1. The molecule has 0 spiro atoms. The number of carbonyl (C=O) groups is 1. The summed E-state index contributed by atoms with van der Waals surface area (Å²) in [6.07, 6.45) is 3.72. The zero-order chi connectivity index (χ0) is 9.68. The topological polar surface area (TPSA) is 58.7 Å². The number of ketones is 1. The van der Waals surface area contributed by atoms with E-state index in [-0.39, 0.29) is 18.6 Å². The molecule has 0 radical (unpaired) electrons. The molecule has 1 aromatic heterocycles. The molecule has 0 aliphatic carbocycles. The van der Waals surface area contributed by atoms with Gasteiger partial charge in [-0.2, -0.15) is 5.26 Å². The third kappa shape index (κ3) is 2.15. The van der Waals surface area contributed by atoms with Crippen molar-refractivity contribution in [3.63, 3.8) is 0 Å². The van der Waals surface area contributed by atoms with E-state index in [0.717, 1.165) is 6.54 Å². The Labute approximate surface area is 76.8 Å². The summed E-state index contributed by atoms with van der Waals surface area (Å²) < 4.78 is 1.78. The lowest BCUT2D eigenvalue weighted by molar-refractivity contribution is 0.0975. The van der Waals surface area contributed by atoms with Gasteiger partial charge in [0.15, 0.2) is 5.78 Å². The van der Waals surface area contributed by atoms with Crippen molar-refractivity contribution in [1.29, 1.82) is 5.26 Å². The van der Waals surface area contributed by atoms with Gasteiger partial charge in [0.2, 0.25) is 0 Å². The second kappa shape index (κ2) is 4.41. The Balaban J connectivity index is 2.71. The zero-order valence-electron chi connectivity index (χ0n) is 7.53. The molecule has 13 heavy (non-hydrogen) atoms. The first-order chi connectivity index (χ1) is 6.29. The number of hydrogen-bond acceptors (Lipinski definition) is 3. The molecule has 0 aromatic carbocycles. The van der Waals surface area contributed by atoms with Crippen LogP contribution in [0.1, 0.15) is 30.3 Å². The van der Waals surface area contributed by atoms with Gasteiger partial charge in [-0.3, -0.25) is 4.79 Å². The Kier molecular flexibility index (Phi) is 3.21. The van der Waals surface area contributed by atoms with E-state index in [4.69, 9.17) is 5.26 Å². The molecule has 1 heterocycles. The van der Waals surface area contributed by atoms with Crippen molar-refractivity contribution in [1.82, 2.24) is 9.55 Å². The lowest BCUT2D eigenvalue weighted by atomic mass is 10.2. The number of carbonyl (C=O) groups excluding carboxylic acids is 1. The molecule has 1 rings (SSSR count). The number of nitrogens with zero attached hydrogens (tertiary/aromatic N) is 3. The summed E-state index contributed by atoms with van der Waals surface area (Å²) in [6, 6.07) is 1.95. The van der Waals surface area contributed by atoms with Gasteiger partial charge in [-0.05, 0) is 6.92 Å². The average molecular weight is 177 g/mol. The number of aryl methyl sites for hydroxylation is 1. The smallest absolute Gasteiger partial charge is 0.181 e. The van der Waals surface area contributed by atoms with E-state index < -0.39 is 0 Å². The van der Waals surface area contributed by atoms with Gasteiger partial charge in [-0.25, -0.2) is 4.98 Å². The van der Waals surface area contributed by atoms with Gasteiger partial charge in [0.05, 0.1) is 18.6 Å². The molecular formula is C9H11N3O. The standard InChI is InChI=1S/C9H11N3O/c1-2-12-7-11-6-8(12)9(13)4-3-5-10/h6-7H,2-4H2,1H3. The lowest BCUT2D eigenvalue weighted by Gasteiger charge is -2.01. The Morgan fingerprint density at radius 1 is 1.77 bits per heavy atom. The van der Waals surface area contributed by atoms with E-state index in [9.17, 15) is 4.79 Å². The first-order valence-electron chi connectivity index (χ1n) is 4.20. The molecule has 4 nitrogen and oxygen atoms in total. The van der Waals surface area contributed by atoms with Gasteiger partial charge < -0.3 is 4.57 Å². The van der Waals surface area contributed by atoms with Crippen molar-refractivity contribution in [2.75, 3.05) is 0 Å². The van der Waals surface area contributed by atoms with Gasteiger partial charge in [-0.15, -0.1) is 0 Å². The summed E-state index contributed by atoms with van der Waals surface area (Å²) in [6.45, 7) is 2.68. The van der Waals surface area contributed by atoms with Crippen LogP contribution in [0.25, 0.3) is 0 Å². The summed E-state index contributed by atoms with van der Waals surface area (Å²) >= 11 is 0. The molecule has 0 atom stereocenters. The van der Waals surface area contributed by atoms with Crippen molar-refractivity contribution >= 4 is 5.78 Å². The minimum Gasteiger partial charge on any atom is -0.328 e. The van der Waals surface area contributed by atoms with E-state index in [1.54, 1.807) is 17.1 Å². The second-order valence-electron chi connectivity index (χ2n) is 2.65. The van der Waals surface area contributed by atoms with Gasteiger partial charge in [0.25, 0.3) is 0 Å². The summed E-state index contributed by atoms with van der Waals surface area (Å²) in [7, 11) is 0. The van der Waals surface area contributed by atoms with E-state index in [2.05, 4.69) is 4.98 Å². The predicted molar refractivity (Wildman–Crippen MR) is 47.1 cm³/mol. The molecule has 0 saturated heterocycles. The summed E-state index contributed by atoms with van der Waals surface area (Å²) in [4.78, 5) is 15.3. The van der Waals surface area contributed by atoms with Crippen LogP contribution in [-0.4, -0.2) is 15.3 Å². The Morgan fingerprint density at radius 3 is 3.15 bits per heavy atom. The molecule has 0 unspecified atom stereocenters. The van der Waals surface area contributed by atoms with Gasteiger partial charge in [0, 0.05) is 19.4 Å². The van der Waals surface area contributed by atoms with Crippen molar-refractivity contribution in [2.24, 2.45) is 0 Å². The number of rotatable bonds is 4. The third-order valence-corrected chi connectivity index (χ3v) is 1.80. The maximum atomic E-state index is 11.4. The number of hydrogen-bond donors (Lipinski definition) is 0. The molecule has 0 N–H and O–H groups in total. The van der Waals surface area contributed by atoms with Crippen LogP contribution in [-0.2, 0) is 6.54 Å². The fraction of sp³-hybridized carbons (Fsp3) is 0.444. The molecule has 0 bridgehead atoms. The average Bonchev–Trinajstić information content (AvgIpc) is 2.61. The molecule has 0 amide bonds. The van der Waals surface area contributed by atoms with Crippen molar-refractivity contribution < 1.29 is 4.79 Å². The number of Topliss-reactive ketones (excluding diaryl/α,β-unsaturated/α-hetero) is 1. The van der Waals surface area contributed by atoms with Crippen LogP contribution in [0.15, 0.2) is 12.5 Å². The van der Waals surface area contributed by atoms with Crippen LogP contribution in [0.5, 0.6) is 0 Å². The summed E-state index contributed by atoms with van der Waals surface area (Å²) in [5.74, 6) is -0.0131. The molecule has 0 aliphatic rings. The predicted octanol–water partition coefficient (Wildman–Crippen LogP) is 1.39. The van der Waals surface area contributed by atoms with Crippen LogP contribution in [0.3, 0.4) is 0 Å². The largest absolute Gasteiger partial charge is 0.328 e. The van der Waals surface area contributed by atoms with Gasteiger partial charge >= 0.3 is 0 Å². The van der Waals surface area contributed by atoms with E-state index in [1.165, 1.54) is 0 Å². The monoisotopic (exact) mass is 177 g/mol. The van der Waals surface area contributed by atoms with Crippen molar-refractivity contribution in [2.45, 2.75) is 26.3 Å². The highest BCUT2D eigenvalue weighted by Crippen LogP contribution is 2.04. The fourth-order valence-electron chi connectivity index (χ4n) is 1.10. The SMILES string of the molecule is CCn1cncc1C(=O)CCC#N. The second-order valence-corrected chi connectivity index (χ2v) is 2.65. The molecule has 4 heteroatoms. The molecule has 68 valence electrons. The van der Waals surface area contributed by atoms with Gasteiger partial charge in [-0.1, -0.05) is 0 Å². The Bertz CT molecular complexity index is 335. The van der Waals surface area contributed by atoms with Crippen LogP contribution in [0.2, 0.25) is 0 Å². The number of aromatic nitrogens is 2. The summed E-state index contributed by atoms with van der Waals surface area (Å²) in [5.41, 5.74) is 0.595. The maximum absolute atomic E-state index is 11.4. The highest BCUT2D eigenvalue weighted by Gasteiger charge is 2.09. The number of nitriles is 1. The number of imidazole rings is 1. The third-order valence-electron chi connectivity index (χ3n) is 1.80. The van der Waals surface area contributed by atoms with Gasteiger partial charge in [0.1, 0.15) is 5.69 Å². The minimum absolute atomic E-state index is 0.0131. The van der Waals surface area contributed by atoms with Crippen LogP contribution in [0, 0.1) is 11.3 Å². The Morgan fingerprint density at radius 2 is 2.54 bits per heavy atom. The zero-order valence-corrected chi connectivity index (χ0v) is 7.53. The van der Waals surface area contributed by atoms with Crippen molar-refractivity contribution in [3.05, 3.63) is 18.2 Å². The van der Waals surface area contributed by atoms with E-state index in [1.807, 2.05) is 13.0 Å². The maximum Gasteiger partial charge on any atom is 0.181 e. The first-order valence-corrected chi connectivity index (χ1v) is 4.20. The summed E-state index contributed by atoms with van der Waals surface area (Å²) in [5, 5.41) is 8.31. The lowest BCUT2D eigenvalue weighted by Crippen LogP contribution is -2.06. The fourth-order valence-corrected chi connectivity index (χ4v) is 1.10. The molecule has 0 aliphatic heterocycles. The molecule has 0 saturated carbocycles. The highest BCUT2D eigenvalue weighted by molar-refractivity contribution is 5.94. The quantitative estimate of drug-likeness (QED) is 0.653. The molecular weight excluding hydrogens is 166 g/mol. The minimum atomic E-state index is -0.0131. The molecule has 0 fully saturated rings. The first kappa shape index (κ1) is 9.46. The van der Waals surface area contributed by atoms with E-state index >= 15 is 0 Å².